The number of carboxylic acids is 2. The van der Waals surface area contributed by atoms with Crippen LogP contribution in [0.2, 0.25) is 0 Å². The molecule has 0 radical (unpaired) electrons. The molecule has 0 aliphatic heterocycles. The van der Waals surface area contributed by atoms with E-state index in [4.69, 9.17) is 0 Å². The Labute approximate surface area is 162 Å². The lowest BCUT2D eigenvalue weighted by Gasteiger charge is -2.20. The van der Waals surface area contributed by atoms with Gasteiger partial charge < -0.3 is 20.4 Å². The number of carboxylic acid groups (broad SMARTS) is 2. The topological polar surface area (TPSA) is 139 Å². The Morgan fingerprint density at radius 2 is 1.14 bits per heavy atom. The quantitative estimate of drug-likeness (QED) is 0.358. The number of carbonyl (C=O) groups is 2. The first-order chi connectivity index (χ1) is 13.2. The van der Waals surface area contributed by atoms with Crippen molar-refractivity contribution in [3.8, 4) is 11.5 Å². The normalized spacial score (nSPS) is 13.1. The molecule has 0 saturated carbocycles. The minimum Gasteiger partial charge on any atom is -0.507 e. The van der Waals surface area contributed by atoms with Gasteiger partial charge in [0.2, 0.25) is 0 Å². The van der Waals surface area contributed by atoms with Crippen LogP contribution >= 0.6 is 0 Å². The van der Waals surface area contributed by atoms with Crippen molar-refractivity contribution in [3.63, 3.8) is 0 Å². The van der Waals surface area contributed by atoms with Crippen LogP contribution in [0.15, 0.2) is 36.4 Å². The van der Waals surface area contributed by atoms with Gasteiger partial charge in [-0.05, 0) is 25.0 Å². The SMILES string of the molecule is Cc1cccc(C(NCCNC(C(=O)O)c2cccc(C)c2O)C(=O)O)c1O. The van der Waals surface area contributed by atoms with Crippen LogP contribution in [-0.4, -0.2) is 45.5 Å². The van der Waals surface area contributed by atoms with Gasteiger partial charge in [0.1, 0.15) is 23.6 Å². The van der Waals surface area contributed by atoms with E-state index in [0.29, 0.717) is 11.1 Å². The lowest BCUT2D eigenvalue weighted by molar-refractivity contribution is -0.141. The zero-order valence-electron chi connectivity index (χ0n) is 15.6. The first-order valence-corrected chi connectivity index (χ1v) is 8.73. The number of para-hydroxylation sites is 2. The average Bonchev–Trinajstić information content (AvgIpc) is 2.63. The Bertz CT molecular complexity index is 796. The van der Waals surface area contributed by atoms with E-state index in [1.165, 1.54) is 12.1 Å². The van der Waals surface area contributed by atoms with Crippen molar-refractivity contribution in [2.45, 2.75) is 25.9 Å². The standard InChI is InChI=1S/C20H24N2O6/c1-11-5-3-7-13(17(11)23)15(19(25)26)21-9-10-22-16(20(27)28)14-8-4-6-12(2)18(14)24/h3-8,15-16,21-24H,9-10H2,1-2H3,(H,25,26)(H,27,28). The van der Waals surface area contributed by atoms with E-state index < -0.39 is 24.0 Å². The maximum absolute atomic E-state index is 11.6. The van der Waals surface area contributed by atoms with Crippen molar-refractivity contribution >= 4 is 11.9 Å². The van der Waals surface area contributed by atoms with Gasteiger partial charge >= 0.3 is 11.9 Å². The van der Waals surface area contributed by atoms with Crippen LogP contribution in [0.25, 0.3) is 0 Å². The van der Waals surface area contributed by atoms with Crippen LogP contribution in [0.5, 0.6) is 11.5 Å². The second-order valence-electron chi connectivity index (χ2n) is 6.48. The van der Waals surface area contributed by atoms with Gasteiger partial charge in [-0.25, -0.2) is 0 Å². The molecule has 0 heterocycles. The van der Waals surface area contributed by atoms with E-state index in [9.17, 15) is 30.0 Å². The smallest absolute Gasteiger partial charge is 0.325 e. The summed E-state index contributed by atoms with van der Waals surface area (Å²) in [6.07, 6.45) is 0. The van der Waals surface area contributed by atoms with Gasteiger partial charge in [0.25, 0.3) is 0 Å². The summed E-state index contributed by atoms with van der Waals surface area (Å²) in [4.78, 5) is 23.2. The summed E-state index contributed by atoms with van der Waals surface area (Å²) >= 11 is 0. The average molecular weight is 388 g/mol. The van der Waals surface area contributed by atoms with Crippen LogP contribution in [-0.2, 0) is 9.59 Å². The number of benzene rings is 2. The van der Waals surface area contributed by atoms with E-state index in [1.54, 1.807) is 38.1 Å². The zero-order valence-corrected chi connectivity index (χ0v) is 15.6. The first kappa shape index (κ1) is 21.2. The second-order valence-corrected chi connectivity index (χ2v) is 6.48. The number of phenols is 2. The minimum atomic E-state index is -1.16. The highest BCUT2D eigenvalue weighted by Gasteiger charge is 2.25. The molecule has 2 rings (SSSR count). The van der Waals surface area contributed by atoms with Gasteiger partial charge in [-0.2, -0.15) is 0 Å². The highest BCUT2D eigenvalue weighted by molar-refractivity contribution is 5.77. The van der Waals surface area contributed by atoms with Crippen molar-refractivity contribution < 1.29 is 30.0 Å². The van der Waals surface area contributed by atoms with Gasteiger partial charge in [0.05, 0.1) is 0 Å². The molecule has 0 aliphatic carbocycles. The molecule has 2 aromatic rings. The second kappa shape index (κ2) is 9.20. The molecule has 0 spiro atoms. The monoisotopic (exact) mass is 388 g/mol. The summed E-state index contributed by atoms with van der Waals surface area (Å²) in [5, 5.41) is 44.8. The fraction of sp³-hybridized carbons (Fsp3) is 0.300. The predicted octanol–water partition coefficient (Wildman–Crippen LogP) is 1.85. The van der Waals surface area contributed by atoms with E-state index in [0.717, 1.165) is 0 Å². The maximum atomic E-state index is 11.6. The van der Waals surface area contributed by atoms with E-state index in [2.05, 4.69) is 10.6 Å². The summed E-state index contributed by atoms with van der Waals surface area (Å²) in [5.74, 6) is -2.51. The van der Waals surface area contributed by atoms with Gasteiger partial charge in [0, 0.05) is 24.2 Å². The molecule has 150 valence electrons. The summed E-state index contributed by atoms with van der Waals surface area (Å²) < 4.78 is 0. The molecular weight excluding hydrogens is 364 g/mol. The van der Waals surface area contributed by atoms with Gasteiger partial charge in [0.15, 0.2) is 0 Å². The Morgan fingerprint density at radius 1 is 0.786 bits per heavy atom. The van der Waals surface area contributed by atoms with Crippen LogP contribution in [0.4, 0.5) is 0 Å². The number of hydrogen-bond donors (Lipinski definition) is 6. The predicted molar refractivity (Wildman–Crippen MR) is 102 cm³/mol. The van der Waals surface area contributed by atoms with Crippen molar-refractivity contribution in [2.75, 3.05) is 13.1 Å². The molecule has 0 aromatic heterocycles. The third kappa shape index (κ3) is 4.79. The highest BCUT2D eigenvalue weighted by atomic mass is 16.4. The third-order valence-electron chi connectivity index (χ3n) is 4.48. The molecule has 0 amide bonds. The van der Waals surface area contributed by atoms with E-state index in [-0.39, 0.29) is 35.7 Å². The third-order valence-corrected chi connectivity index (χ3v) is 4.48. The number of hydrogen-bond acceptors (Lipinski definition) is 6. The minimum absolute atomic E-state index is 0.0940. The van der Waals surface area contributed by atoms with Gasteiger partial charge in [-0.3, -0.25) is 20.2 Å². The molecule has 28 heavy (non-hydrogen) atoms. The van der Waals surface area contributed by atoms with E-state index in [1.807, 2.05) is 0 Å². The number of aromatic hydroxyl groups is 2. The number of nitrogens with one attached hydrogen (secondary N) is 2. The zero-order chi connectivity index (χ0) is 20.8. The van der Waals surface area contributed by atoms with Crippen LogP contribution < -0.4 is 10.6 Å². The van der Waals surface area contributed by atoms with Crippen LogP contribution in [0.3, 0.4) is 0 Å². The number of aliphatic carboxylic acids is 2. The molecule has 0 aliphatic rings. The molecule has 0 fully saturated rings. The van der Waals surface area contributed by atoms with Gasteiger partial charge in [-0.1, -0.05) is 36.4 Å². The van der Waals surface area contributed by atoms with E-state index >= 15 is 0 Å². The summed E-state index contributed by atoms with van der Waals surface area (Å²) in [6, 6.07) is 7.41. The van der Waals surface area contributed by atoms with Crippen LogP contribution in [0, 0.1) is 13.8 Å². The Hall–Kier alpha value is -3.10. The molecular formula is C20H24N2O6. The van der Waals surface area contributed by atoms with Crippen molar-refractivity contribution in [2.24, 2.45) is 0 Å². The molecule has 0 bridgehead atoms. The molecule has 2 aromatic carbocycles. The fourth-order valence-corrected chi connectivity index (χ4v) is 2.92. The lowest BCUT2D eigenvalue weighted by atomic mass is 10.0. The number of phenolic OH excluding ortho intramolecular Hbond substituents is 2. The van der Waals surface area contributed by atoms with Crippen molar-refractivity contribution in [3.05, 3.63) is 58.7 Å². The highest BCUT2D eigenvalue weighted by Crippen LogP contribution is 2.28. The lowest BCUT2D eigenvalue weighted by Crippen LogP contribution is -2.37. The Kier molecular flexibility index (Phi) is 6.97. The Morgan fingerprint density at radius 3 is 1.46 bits per heavy atom. The van der Waals surface area contributed by atoms with Crippen LogP contribution in [0.1, 0.15) is 34.3 Å². The van der Waals surface area contributed by atoms with Crippen molar-refractivity contribution in [1.29, 1.82) is 0 Å². The number of aryl methyl sites for hydroxylation is 2. The Balaban J connectivity index is 2.05. The largest absolute Gasteiger partial charge is 0.507 e. The summed E-state index contributed by atoms with van der Waals surface area (Å²) in [5.41, 5.74) is 1.59. The fourth-order valence-electron chi connectivity index (χ4n) is 2.92. The molecule has 8 nitrogen and oxygen atoms in total. The molecule has 0 saturated heterocycles. The molecule has 2 unspecified atom stereocenters. The number of rotatable bonds is 9. The van der Waals surface area contributed by atoms with Crippen molar-refractivity contribution in [1.82, 2.24) is 10.6 Å². The van der Waals surface area contributed by atoms with Gasteiger partial charge in [-0.15, -0.1) is 0 Å². The molecule has 6 N–H and O–H groups in total. The first-order valence-electron chi connectivity index (χ1n) is 8.73. The summed E-state index contributed by atoms with van der Waals surface area (Å²) in [6.45, 7) is 3.59. The summed E-state index contributed by atoms with van der Waals surface area (Å²) in [7, 11) is 0. The molecule has 2 atom stereocenters. The molecule has 8 heteroatoms. The maximum Gasteiger partial charge on any atom is 0.325 e.